The van der Waals surface area contributed by atoms with Gasteiger partial charge in [-0.05, 0) is 41.5 Å². The highest BCUT2D eigenvalue weighted by Gasteiger charge is 2.28. The second-order valence-electron chi connectivity index (χ2n) is 6.58. The Bertz CT molecular complexity index is 681. The Morgan fingerprint density at radius 3 is 2.20 bits per heavy atom. The van der Waals surface area contributed by atoms with Gasteiger partial charge in [0.25, 0.3) is 0 Å². The maximum absolute atomic E-state index is 12.0. The number of carbonyl (C=O) groups excluding carboxylic acids is 1. The van der Waals surface area contributed by atoms with E-state index >= 15 is 0 Å². The number of carbonyl (C=O) groups is 1. The average Bonchev–Trinajstić information content (AvgIpc) is 2.93. The zero-order valence-electron chi connectivity index (χ0n) is 14.4. The van der Waals surface area contributed by atoms with Crippen molar-refractivity contribution in [2.24, 2.45) is 5.73 Å². The molecule has 1 atom stereocenters. The van der Waals surface area contributed by atoms with E-state index in [9.17, 15) is 4.79 Å². The predicted octanol–water partition coefficient (Wildman–Crippen LogP) is 3.57. The summed E-state index contributed by atoms with van der Waals surface area (Å²) in [4.78, 5) is 12.0. The van der Waals surface area contributed by atoms with Crippen LogP contribution in [0.25, 0.3) is 11.1 Å². The highest BCUT2D eigenvalue weighted by molar-refractivity contribution is 5.79. The molecule has 1 unspecified atom stereocenters. The molecule has 0 saturated heterocycles. The van der Waals surface area contributed by atoms with Gasteiger partial charge in [0.1, 0.15) is 12.8 Å². The average molecular weight is 339 g/mol. The van der Waals surface area contributed by atoms with Gasteiger partial charge < -0.3 is 15.6 Å². The molecule has 3 N–H and O–H groups in total. The number of hydrogen-bond donors (Lipinski definition) is 2. The van der Waals surface area contributed by atoms with E-state index in [0.717, 1.165) is 19.3 Å². The molecular formula is C21H25NO3. The van der Waals surface area contributed by atoms with E-state index in [2.05, 4.69) is 24.3 Å². The third-order valence-electron chi connectivity index (χ3n) is 4.75. The molecule has 0 saturated carbocycles. The standard InChI is InChI=1S/C21H25NO3/c22-20(23)12-2-1-3-13-21(24)25-14-19-17-10-6-4-8-15(17)16-9-5-7-11-18(16)19/h4-11,19-20,23H,1-3,12-14,22H2. The molecule has 4 nitrogen and oxygen atoms in total. The normalized spacial score (nSPS) is 14.0. The zero-order valence-corrected chi connectivity index (χ0v) is 14.4. The highest BCUT2D eigenvalue weighted by Crippen LogP contribution is 2.44. The summed E-state index contributed by atoms with van der Waals surface area (Å²) in [7, 11) is 0. The number of benzene rings is 2. The monoisotopic (exact) mass is 339 g/mol. The first-order valence-electron chi connectivity index (χ1n) is 8.94. The van der Waals surface area contributed by atoms with Crippen molar-refractivity contribution in [1.29, 1.82) is 0 Å². The van der Waals surface area contributed by atoms with Crippen LogP contribution in [0.2, 0.25) is 0 Å². The molecule has 0 amide bonds. The lowest BCUT2D eigenvalue weighted by Gasteiger charge is -2.14. The Labute approximate surface area is 148 Å². The summed E-state index contributed by atoms with van der Waals surface area (Å²) in [5.74, 6) is -0.0427. The van der Waals surface area contributed by atoms with Crippen LogP contribution in [0.4, 0.5) is 0 Å². The summed E-state index contributed by atoms with van der Waals surface area (Å²) in [6.45, 7) is 0.383. The van der Waals surface area contributed by atoms with E-state index in [1.807, 2.05) is 24.3 Å². The van der Waals surface area contributed by atoms with E-state index in [1.165, 1.54) is 22.3 Å². The first-order chi connectivity index (χ1) is 12.2. The number of rotatable bonds is 8. The number of fused-ring (bicyclic) bond motifs is 3. The van der Waals surface area contributed by atoms with E-state index < -0.39 is 6.23 Å². The number of nitrogens with two attached hydrogens (primary N) is 1. The zero-order chi connectivity index (χ0) is 17.6. The van der Waals surface area contributed by atoms with Crippen molar-refractivity contribution in [2.45, 2.75) is 44.2 Å². The maximum Gasteiger partial charge on any atom is 0.305 e. The molecule has 0 aliphatic heterocycles. The Kier molecular flexibility index (Phi) is 5.84. The summed E-state index contributed by atoms with van der Waals surface area (Å²) in [5.41, 5.74) is 10.2. The minimum atomic E-state index is -0.755. The van der Waals surface area contributed by atoms with Crippen LogP contribution in [0.1, 0.15) is 49.1 Å². The first-order valence-corrected chi connectivity index (χ1v) is 8.94. The minimum absolute atomic E-state index is 0.115. The fraction of sp³-hybridized carbons (Fsp3) is 0.381. The second kappa shape index (κ2) is 8.28. The Balaban J connectivity index is 1.54. The topological polar surface area (TPSA) is 72.5 Å². The molecule has 0 heterocycles. The Hall–Kier alpha value is -2.17. The number of aliphatic hydroxyl groups excluding tert-OH is 1. The number of esters is 1. The van der Waals surface area contributed by atoms with Gasteiger partial charge in [0, 0.05) is 12.3 Å². The van der Waals surface area contributed by atoms with Crippen LogP contribution in [0, 0.1) is 0 Å². The van der Waals surface area contributed by atoms with E-state index in [1.54, 1.807) is 0 Å². The van der Waals surface area contributed by atoms with Gasteiger partial charge in [-0.3, -0.25) is 4.79 Å². The molecule has 2 aromatic rings. The van der Waals surface area contributed by atoms with E-state index in [-0.39, 0.29) is 11.9 Å². The molecule has 2 aromatic carbocycles. The molecule has 0 spiro atoms. The van der Waals surface area contributed by atoms with Crippen molar-refractivity contribution in [3.05, 3.63) is 59.7 Å². The number of hydrogen-bond acceptors (Lipinski definition) is 4. The highest BCUT2D eigenvalue weighted by atomic mass is 16.5. The maximum atomic E-state index is 12.0. The second-order valence-corrected chi connectivity index (χ2v) is 6.58. The van der Waals surface area contributed by atoms with Gasteiger partial charge in [-0.25, -0.2) is 0 Å². The van der Waals surface area contributed by atoms with Gasteiger partial charge in [-0.15, -0.1) is 0 Å². The van der Waals surface area contributed by atoms with E-state index in [0.29, 0.717) is 19.4 Å². The molecule has 1 aliphatic carbocycles. The lowest BCUT2D eigenvalue weighted by molar-refractivity contribution is -0.144. The van der Waals surface area contributed by atoms with E-state index in [4.69, 9.17) is 15.6 Å². The summed E-state index contributed by atoms with van der Waals surface area (Å²) in [6, 6.07) is 16.6. The minimum Gasteiger partial charge on any atom is -0.465 e. The summed E-state index contributed by atoms with van der Waals surface area (Å²) in [6.07, 6.45) is 2.70. The SMILES string of the molecule is NC(O)CCCCCC(=O)OCC1c2ccccc2-c2ccccc21. The lowest BCUT2D eigenvalue weighted by Crippen LogP contribution is -2.18. The Morgan fingerprint density at radius 2 is 1.60 bits per heavy atom. The van der Waals surface area contributed by atoms with Crippen molar-refractivity contribution < 1.29 is 14.6 Å². The third-order valence-corrected chi connectivity index (χ3v) is 4.75. The number of aliphatic hydroxyl groups is 1. The van der Waals surface area contributed by atoms with Crippen molar-refractivity contribution in [3.63, 3.8) is 0 Å². The van der Waals surface area contributed by atoms with Gasteiger partial charge >= 0.3 is 5.97 Å². The first kappa shape index (κ1) is 17.6. The molecule has 3 rings (SSSR count). The Morgan fingerprint density at radius 1 is 1.00 bits per heavy atom. The summed E-state index contributed by atoms with van der Waals surface area (Å²) >= 11 is 0. The van der Waals surface area contributed by atoms with Gasteiger partial charge in [-0.1, -0.05) is 55.0 Å². The van der Waals surface area contributed by atoms with Crippen molar-refractivity contribution in [1.82, 2.24) is 0 Å². The molecule has 0 bridgehead atoms. The number of unbranched alkanes of at least 4 members (excludes halogenated alkanes) is 2. The largest absolute Gasteiger partial charge is 0.465 e. The van der Waals surface area contributed by atoms with Gasteiger partial charge in [0.2, 0.25) is 0 Å². The molecular weight excluding hydrogens is 314 g/mol. The molecule has 132 valence electrons. The lowest BCUT2D eigenvalue weighted by atomic mass is 9.98. The van der Waals surface area contributed by atoms with Crippen LogP contribution in [0.15, 0.2) is 48.5 Å². The van der Waals surface area contributed by atoms with Gasteiger partial charge in [0.15, 0.2) is 0 Å². The fourth-order valence-electron chi connectivity index (χ4n) is 3.49. The smallest absolute Gasteiger partial charge is 0.305 e. The van der Waals surface area contributed by atoms with Crippen molar-refractivity contribution in [2.75, 3.05) is 6.61 Å². The third kappa shape index (κ3) is 4.27. The van der Waals surface area contributed by atoms with Crippen molar-refractivity contribution >= 4 is 5.97 Å². The van der Waals surface area contributed by atoms with Gasteiger partial charge in [0.05, 0.1) is 0 Å². The van der Waals surface area contributed by atoms with Crippen LogP contribution in [-0.4, -0.2) is 23.9 Å². The molecule has 0 fully saturated rings. The van der Waals surface area contributed by atoms with Crippen LogP contribution in [-0.2, 0) is 9.53 Å². The molecule has 4 heteroatoms. The molecule has 0 aromatic heterocycles. The molecule has 1 aliphatic rings. The van der Waals surface area contributed by atoms with Crippen LogP contribution in [0.5, 0.6) is 0 Å². The summed E-state index contributed by atoms with van der Waals surface area (Å²) < 4.78 is 5.55. The summed E-state index contributed by atoms with van der Waals surface area (Å²) in [5, 5.41) is 9.01. The van der Waals surface area contributed by atoms with Crippen molar-refractivity contribution in [3.8, 4) is 11.1 Å². The number of ether oxygens (including phenoxy) is 1. The molecule has 25 heavy (non-hydrogen) atoms. The molecule has 0 radical (unpaired) electrons. The quantitative estimate of drug-likeness (QED) is 0.438. The van der Waals surface area contributed by atoms with Crippen LogP contribution in [0.3, 0.4) is 0 Å². The van der Waals surface area contributed by atoms with Gasteiger partial charge in [-0.2, -0.15) is 0 Å². The predicted molar refractivity (Wildman–Crippen MR) is 98.0 cm³/mol. The van der Waals surface area contributed by atoms with Crippen LogP contribution < -0.4 is 5.73 Å². The fourth-order valence-corrected chi connectivity index (χ4v) is 3.49. The van der Waals surface area contributed by atoms with Crippen LogP contribution >= 0.6 is 0 Å².